The maximum atomic E-state index is 12.4. The Hall–Kier alpha value is -2.49. The van der Waals surface area contributed by atoms with E-state index in [0.717, 1.165) is 5.75 Å². The number of carbonyl (C=O) groups is 1. The minimum atomic E-state index is -0.529. The molecule has 0 aliphatic carbocycles. The Morgan fingerprint density at radius 1 is 1.33 bits per heavy atom. The largest absolute Gasteiger partial charge is 0.390 e. The molecular formula is C18H19N5O3S. The molecule has 27 heavy (non-hydrogen) atoms. The molecule has 1 aliphatic rings. The third-order valence-electron chi connectivity index (χ3n) is 4.47. The number of thioether (sulfide) groups is 1. The molecule has 9 heteroatoms. The zero-order chi connectivity index (χ0) is 18.8. The topological polar surface area (TPSA) is 102 Å². The molecule has 0 radical (unpaired) electrons. The summed E-state index contributed by atoms with van der Waals surface area (Å²) >= 11 is 1.63. The van der Waals surface area contributed by atoms with Crippen LogP contribution in [0.5, 0.6) is 0 Å². The number of nitrogens with zero attached hydrogens (tertiary/aromatic N) is 4. The number of aliphatic hydroxyl groups is 1. The fraction of sp³-hybridized carbons (Fsp3) is 0.333. The smallest absolute Gasteiger partial charge is 0.256 e. The number of anilines is 1. The number of aromatic nitrogens is 4. The van der Waals surface area contributed by atoms with E-state index in [2.05, 4.69) is 20.3 Å². The predicted molar refractivity (Wildman–Crippen MR) is 103 cm³/mol. The van der Waals surface area contributed by atoms with Gasteiger partial charge in [-0.1, -0.05) is 18.2 Å². The lowest BCUT2D eigenvalue weighted by Crippen LogP contribution is -2.23. The Labute approximate surface area is 160 Å². The Morgan fingerprint density at radius 2 is 2.15 bits per heavy atom. The van der Waals surface area contributed by atoms with Crippen LogP contribution in [-0.2, 0) is 4.74 Å². The number of ether oxygens (including phenoxy) is 1. The molecule has 0 spiro atoms. The van der Waals surface area contributed by atoms with Gasteiger partial charge in [-0.15, -0.1) is 0 Å². The van der Waals surface area contributed by atoms with Gasteiger partial charge in [-0.2, -0.15) is 11.8 Å². The molecule has 3 aromatic rings. The molecule has 3 atom stereocenters. The maximum absolute atomic E-state index is 12.4. The zero-order valence-electron chi connectivity index (χ0n) is 14.6. The van der Waals surface area contributed by atoms with Crippen molar-refractivity contribution in [2.24, 2.45) is 0 Å². The van der Waals surface area contributed by atoms with Crippen molar-refractivity contribution >= 4 is 34.7 Å². The first-order valence-electron chi connectivity index (χ1n) is 8.53. The number of benzene rings is 1. The summed E-state index contributed by atoms with van der Waals surface area (Å²) in [5, 5.41) is 13.0. The maximum Gasteiger partial charge on any atom is 0.256 e. The van der Waals surface area contributed by atoms with Crippen LogP contribution in [0.15, 0.2) is 43.0 Å². The number of amides is 1. The minimum absolute atomic E-state index is 0.221. The quantitative estimate of drug-likeness (QED) is 0.693. The fourth-order valence-electron chi connectivity index (χ4n) is 3.12. The first kappa shape index (κ1) is 17.9. The summed E-state index contributed by atoms with van der Waals surface area (Å²) in [5.41, 5.74) is 1.56. The Morgan fingerprint density at radius 3 is 2.93 bits per heavy atom. The van der Waals surface area contributed by atoms with E-state index in [1.165, 1.54) is 6.33 Å². The molecule has 1 aromatic carbocycles. The first-order chi connectivity index (χ1) is 13.2. The summed E-state index contributed by atoms with van der Waals surface area (Å²) in [4.78, 5) is 25.2. The first-order valence-corrected chi connectivity index (χ1v) is 9.93. The number of hydrogen-bond acceptors (Lipinski definition) is 7. The van der Waals surface area contributed by atoms with Crippen LogP contribution >= 0.6 is 11.8 Å². The van der Waals surface area contributed by atoms with Gasteiger partial charge in [-0.05, 0) is 18.4 Å². The molecule has 4 rings (SSSR count). The Kier molecular flexibility index (Phi) is 5.06. The average molecular weight is 385 g/mol. The van der Waals surface area contributed by atoms with Crippen molar-refractivity contribution < 1.29 is 14.6 Å². The van der Waals surface area contributed by atoms with E-state index in [1.807, 2.05) is 12.3 Å². The number of fused-ring (bicyclic) bond motifs is 1. The van der Waals surface area contributed by atoms with Crippen LogP contribution in [0, 0.1) is 0 Å². The highest BCUT2D eigenvalue weighted by molar-refractivity contribution is 7.98. The lowest BCUT2D eigenvalue weighted by atomic mass is 10.2. The average Bonchev–Trinajstić information content (AvgIpc) is 3.27. The van der Waals surface area contributed by atoms with Gasteiger partial charge >= 0.3 is 0 Å². The SMILES string of the molecule is CSC[C@H]1O[C@@H](n2cnc3c(NC(=O)c4ccccc4)ncnc32)C[C@@H]1O. The lowest BCUT2D eigenvalue weighted by molar-refractivity contribution is -0.00368. The molecule has 1 aliphatic heterocycles. The highest BCUT2D eigenvalue weighted by Crippen LogP contribution is 2.32. The van der Waals surface area contributed by atoms with Gasteiger partial charge in [0.2, 0.25) is 0 Å². The highest BCUT2D eigenvalue weighted by Gasteiger charge is 2.35. The molecule has 1 saturated heterocycles. The minimum Gasteiger partial charge on any atom is -0.390 e. The third-order valence-corrected chi connectivity index (χ3v) is 5.13. The number of rotatable bonds is 5. The summed E-state index contributed by atoms with van der Waals surface area (Å²) in [6.07, 6.45) is 4.33. The van der Waals surface area contributed by atoms with E-state index in [1.54, 1.807) is 46.9 Å². The van der Waals surface area contributed by atoms with Crippen LogP contribution < -0.4 is 5.32 Å². The molecule has 0 bridgehead atoms. The van der Waals surface area contributed by atoms with Gasteiger partial charge in [0.25, 0.3) is 5.91 Å². The van der Waals surface area contributed by atoms with Crippen LogP contribution in [0.25, 0.3) is 11.2 Å². The monoisotopic (exact) mass is 385 g/mol. The lowest BCUT2D eigenvalue weighted by Gasteiger charge is -2.14. The van der Waals surface area contributed by atoms with Gasteiger partial charge in [0.1, 0.15) is 12.6 Å². The second-order valence-electron chi connectivity index (χ2n) is 6.25. The second kappa shape index (κ2) is 7.63. The Bertz CT molecular complexity index is 949. The van der Waals surface area contributed by atoms with E-state index in [0.29, 0.717) is 29.0 Å². The van der Waals surface area contributed by atoms with Crippen molar-refractivity contribution in [1.29, 1.82) is 0 Å². The van der Waals surface area contributed by atoms with Crippen molar-refractivity contribution in [1.82, 2.24) is 19.5 Å². The number of aliphatic hydroxyl groups excluding tert-OH is 1. The van der Waals surface area contributed by atoms with Crippen LogP contribution in [0.3, 0.4) is 0 Å². The van der Waals surface area contributed by atoms with Gasteiger partial charge < -0.3 is 15.2 Å². The van der Waals surface area contributed by atoms with Crippen LogP contribution in [-0.4, -0.2) is 54.7 Å². The van der Waals surface area contributed by atoms with Gasteiger partial charge in [-0.25, -0.2) is 15.0 Å². The normalized spacial score (nSPS) is 22.2. The molecule has 140 valence electrons. The number of carbonyl (C=O) groups excluding carboxylic acids is 1. The number of nitrogens with one attached hydrogen (secondary N) is 1. The zero-order valence-corrected chi connectivity index (χ0v) is 15.5. The van der Waals surface area contributed by atoms with Gasteiger partial charge in [0, 0.05) is 17.7 Å². The molecule has 3 heterocycles. The van der Waals surface area contributed by atoms with E-state index in [9.17, 15) is 9.90 Å². The fourth-order valence-corrected chi connectivity index (χ4v) is 3.75. The van der Waals surface area contributed by atoms with Crippen LogP contribution in [0.2, 0.25) is 0 Å². The molecular weight excluding hydrogens is 366 g/mol. The van der Waals surface area contributed by atoms with E-state index < -0.39 is 6.10 Å². The van der Waals surface area contributed by atoms with Crippen molar-refractivity contribution in [3.8, 4) is 0 Å². The van der Waals surface area contributed by atoms with E-state index in [-0.39, 0.29) is 18.2 Å². The molecule has 0 unspecified atom stereocenters. The van der Waals surface area contributed by atoms with Gasteiger partial charge in [-0.3, -0.25) is 9.36 Å². The molecule has 8 nitrogen and oxygen atoms in total. The van der Waals surface area contributed by atoms with E-state index in [4.69, 9.17) is 4.74 Å². The van der Waals surface area contributed by atoms with Crippen molar-refractivity contribution in [2.75, 3.05) is 17.3 Å². The third kappa shape index (κ3) is 3.53. The van der Waals surface area contributed by atoms with Crippen molar-refractivity contribution in [3.63, 3.8) is 0 Å². The van der Waals surface area contributed by atoms with Gasteiger partial charge in [0.05, 0.1) is 18.5 Å². The second-order valence-corrected chi connectivity index (χ2v) is 7.16. The highest BCUT2D eigenvalue weighted by atomic mass is 32.2. The summed E-state index contributed by atoms with van der Waals surface area (Å²) < 4.78 is 7.74. The van der Waals surface area contributed by atoms with Crippen molar-refractivity contribution in [3.05, 3.63) is 48.5 Å². The summed E-state index contributed by atoms with van der Waals surface area (Å²) in [7, 11) is 0. The Balaban J connectivity index is 1.60. The standard InChI is InChI=1S/C18H19N5O3S/c1-27-8-13-12(24)7-14(26-13)23-10-21-15-16(19-9-20-17(15)23)22-18(25)11-5-3-2-4-6-11/h2-6,9-10,12-14,24H,7-8H2,1H3,(H,19,20,22,25)/t12-,13+,14+/m0/s1. The summed E-state index contributed by atoms with van der Waals surface area (Å²) in [6.45, 7) is 0. The van der Waals surface area contributed by atoms with Crippen molar-refractivity contribution in [2.45, 2.75) is 24.9 Å². The molecule has 2 aromatic heterocycles. The molecule has 1 fully saturated rings. The van der Waals surface area contributed by atoms with Gasteiger partial charge in [0.15, 0.2) is 17.0 Å². The van der Waals surface area contributed by atoms with E-state index >= 15 is 0 Å². The molecule has 2 N–H and O–H groups in total. The molecule has 0 saturated carbocycles. The predicted octanol–water partition coefficient (Wildman–Crippen LogP) is 2.09. The number of hydrogen-bond donors (Lipinski definition) is 2. The van der Waals surface area contributed by atoms with Crippen LogP contribution in [0.4, 0.5) is 5.82 Å². The summed E-state index contributed by atoms with van der Waals surface area (Å²) in [6, 6.07) is 8.90. The van der Waals surface area contributed by atoms with Crippen LogP contribution in [0.1, 0.15) is 23.0 Å². The molecule has 1 amide bonds. The number of imidazole rings is 1. The summed E-state index contributed by atoms with van der Waals surface area (Å²) in [5.74, 6) is 0.794.